The summed E-state index contributed by atoms with van der Waals surface area (Å²) in [5, 5.41) is 15.7. The summed E-state index contributed by atoms with van der Waals surface area (Å²) >= 11 is 0. The summed E-state index contributed by atoms with van der Waals surface area (Å²) in [4.78, 5) is 4.04. The molecule has 1 aliphatic rings. The van der Waals surface area contributed by atoms with Crippen molar-refractivity contribution in [1.82, 2.24) is 0 Å². The number of rotatable bonds is 2. The van der Waals surface area contributed by atoms with Crippen LogP contribution in [0.3, 0.4) is 0 Å². The van der Waals surface area contributed by atoms with E-state index in [4.69, 9.17) is 0 Å². The van der Waals surface area contributed by atoms with E-state index in [0.717, 1.165) is 23.6 Å². The fourth-order valence-corrected chi connectivity index (χ4v) is 1.23. The zero-order valence-electron chi connectivity index (χ0n) is 8.91. The molecule has 1 aliphatic heterocycles. The maximum Gasteiger partial charge on any atom is 0.154 e. The zero-order chi connectivity index (χ0) is 11.2. The van der Waals surface area contributed by atoms with Gasteiger partial charge in [0.05, 0.1) is 11.4 Å². The van der Waals surface area contributed by atoms with Crippen LogP contribution in [0.2, 0.25) is 0 Å². The van der Waals surface area contributed by atoms with Gasteiger partial charge in [0.2, 0.25) is 0 Å². The second-order valence-corrected chi connectivity index (χ2v) is 3.15. The van der Waals surface area contributed by atoms with Gasteiger partial charge in [-0.15, -0.1) is 10.2 Å². The van der Waals surface area contributed by atoms with Crippen molar-refractivity contribution in [3.05, 3.63) is 36.5 Å². The minimum Gasteiger partial charge on any atom is -0.239 e. The quantitative estimate of drug-likeness (QED) is 0.671. The highest BCUT2D eigenvalue weighted by Crippen LogP contribution is 2.19. The first kappa shape index (κ1) is 10.4. The summed E-state index contributed by atoms with van der Waals surface area (Å²) in [6, 6.07) is 7.37. The standard InChI is InChI=1S/C11H11N5/c1-12-14-9-4-6-10(7-5-9)15-16-11-3-2-8-13-11/h2,4-8H,3H2,1H3. The lowest BCUT2D eigenvalue weighted by Crippen LogP contribution is -1.83. The molecule has 0 saturated carbocycles. The molecule has 0 spiro atoms. The summed E-state index contributed by atoms with van der Waals surface area (Å²) in [7, 11) is 1.64. The van der Waals surface area contributed by atoms with Crippen molar-refractivity contribution < 1.29 is 0 Å². The molecule has 0 unspecified atom stereocenters. The van der Waals surface area contributed by atoms with Gasteiger partial charge >= 0.3 is 0 Å². The number of hydrogen-bond donors (Lipinski definition) is 0. The highest BCUT2D eigenvalue weighted by atomic mass is 15.1. The number of azo groups is 2. The molecule has 0 aliphatic carbocycles. The van der Waals surface area contributed by atoms with Gasteiger partial charge in [-0.05, 0) is 24.3 Å². The average Bonchev–Trinajstić information content (AvgIpc) is 2.82. The van der Waals surface area contributed by atoms with Crippen molar-refractivity contribution >= 4 is 17.2 Å². The maximum atomic E-state index is 4.07. The normalized spacial score (nSPS) is 15.2. The fraction of sp³-hybridized carbons (Fsp3) is 0.182. The van der Waals surface area contributed by atoms with Gasteiger partial charge in [0.15, 0.2) is 5.84 Å². The number of amidine groups is 1. The molecule has 0 amide bonds. The first-order valence-electron chi connectivity index (χ1n) is 4.92. The van der Waals surface area contributed by atoms with Gasteiger partial charge in [-0.1, -0.05) is 6.08 Å². The molecule has 2 rings (SSSR count). The van der Waals surface area contributed by atoms with Crippen LogP contribution in [-0.4, -0.2) is 12.9 Å². The van der Waals surface area contributed by atoms with Crippen molar-refractivity contribution in [3.8, 4) is 0 Å². The van der Waals surface area contributed by atoms with Crippen LogP contribution in [0.1, 0.15) is 6.42 Å². The van der Waals surface area contributed by atoms with Gasteiger partial charge in [-0.25, -0.2) is 4.99 Å². The third-order valence-corrected chi connectivity index (χ3v) is 1.98. The van der Waals surface area contributed by atoms with Crippen LogP contribution in [0.5, 0.6) is 0 Å². The molecule has 1 heterocycles. The number of hydrogen-bond acceptors (Lipinski definition) is 5. The molecule has 0 fully saturated rings. The van der Waals surface area contributed by atoms with Crippen molar-refractivity contribution in [2.45, 2.75) is 6.42 Å². The van der Waals surface area contributed by atoms with Crippen molar-refractivity contribution in [1.29, 1.82) is 0 Å². The lowest BCUT2D eigenvalue weighted by Gasteiger charge is -1.93. The highest BCUT2D eigenvalue weighted by molar-refractivity contribution is 5.86. The molecule has 5 heteroatoms. The van der Waals surface area contributed by atoms with E-state index in [1.165, 1.54) is 0 Å². The van der Waals surface area contributed by atoms with E-state index in [0.29, 0.717) is 0 Å². The van der Waals surface area contributed by atoms with E-state index < -0.39 is 0 Å². The Morgan fingerprint density at radius 2 is 1.69 bits per heavy atom. The molecular formula is C11H11N5. The van der Waals surface area contributed by atoms with Gasteiger partial charge in [0.25, 0.3) is 0 Å². The Kier molecular flexibility index (Phi) is 3.28. The largest absolute Gasteiger partial charge is 0.239 e. The molecule has 0 aromatic heterocycles. The minimum atomic E-state index is 0.734. The third-order valence-electron chi connectivity index (χ3n) is 1.98. The molecule has 0 bridgehead atoms. The Labute approximate surface area is 93.3 Å². The van der Waals surface area contributed by atoms with Gasteiger partial charge in [0, 0.05) is 19.7 Å². The van der Waals surface area contributed by atoms with E-state index in [9.17, 15) is 0 Å². The first-order chi connectivity index (χ1) is 7.88. The average molecular weight is 213 g/mol. The predicted octanol–water partition coefficient (Wildman–Crippen LogP) is 3.80. The van der Waals surface area contributed by atoms with Gasteiger partial charge in [0.1, 0.15) is 0 Å². The molecule has 1 aromatic carbocycles. The first-order valence-corrected chi connectivity index (χ1v) is 4.92. The lowest BCUT2D eigenvalue weighted by atomic mass is 10.3. The molecule has 16 heavy (non-hydrogen) atoms. The van der Waals surface area contributed by atoms with Gasteiger partial charge in [-0.3, -0.25) is 0 Å². The molecule has 0 radical (unpaired) electrons. The maximum absolute atomic E-state index is 4.07. The van der Waals surface area contributed by atoms with Crippen molar-refractivity contribution in [3.63, 3.8) is 0 Å². The second-order valence-electron chi connectivity index (χ2n) is 3.15. The SMILES string of the molecule is CN=Nc1ccc(N=NC2=NC=CC2)cc1. The van der Waals surface area contributed by atoms with Crippen LogP contribution in [0.4, 0.5) is 11.4 Å². The highest BCUT2D eigenvalue weighted by Gasteiger charge is 1.98. The molecular weight excluding hydrogens is 202 g/mol. The van der Waals surface area contributed by atoms with Crippen LogP contribution in [0.15, 0.2) is 62.0 Å². The predicted molar refractivity (Wildman–Crippen MR) is 62.6 cm³/mol. The molecule has 1 aromatic rings. The Balaban J connectivity index is 2.05. The van der Waals surface area contributed by atoms with Crippen LogP contribution in [0, 0.1) is 0 Å². The zero-order valence-corrected chi connectivity index (χ0v) is 8.91. The van der Waals surface area contributed by atoms with Crippen LogP contribution >= 0.6 is 0 Å². The molecule has 80 valence electrons. The van der Waals surface area contributed by atoms with Crippen LogP contribution in [0.25, 0.3) is 0 Å². The smallest absolute Gasteiger partial charge is 0.154 e. The topological polar surface area (TPSA) is 61.8 Å². The van der Waals surface area contributed by atoms with Gasteiger partial charge in [-0.2, -0.15) is 10.2 Å². The monoisotopic (exact) mass is 213 g/mol. The summed E-state index contributed by atoms with van der Waals surface area (Å²) in [5.74, 6) is 0.734. The second kappa shape index (κ2) is 5.06. The van der Waals surface area contributed by atoms with Gasteiger partial charge < -0.3 is 0 Å². The van der Waals surface area contributed by atoms with Crippen LogP contribution < -0.4 is 0 Å². The Bertz CT molecular complexity index is 468. The minimum absolute atomic E-state index is 0.734. The number of aliphatic imine (C=N–C) groups is 1. The Morgan fingerprint density at radius 3 is 2.25 bits per heavy atom. The summed E-state index contributed by atoms with van der Waals surface area (Å²) < 4.78 is 0. The fourth-order valence-electron chi connectivity index (χ4n) is 1.23. The van der Waals surface area contributed by atoms with E-state index in [-0.39, 0.29) is 0 Å². The Hall–Kier alpha value is -2.17. The van der Waals surface area contributed by atoms with Crippen molar-refractivity contribution in [2.75, 3.05) is 7.05 Å². The molecule has 0 N–H and O–H groups in total. The summed E-state index contributed by atoms with van der Waals surface area (Å²) in [5.41, 5.74) is 1.59. The van der Waals surface area contributed by atoms with E-state index in [2.05, 4.69) is 25.4 Å². The molecule has 0 atom stereocenters. The van der Waals surface area contributed by atoms with Crippen molar-refractivity contribution in [2.24, 2.45) is 25.4 Å². The van der Waals surface area contributed by atoms with E-state index >= 15 is 0 Å². The number of nitrogens with zero attached hydrogens (tertiary/aromatic N) is 5. The Morgan fingerprint density at radius 1 is 1.00 bits per heavy atom. The molecule has 5 nitrogen and oxygen atoms in total. The summed E-state index contributed by atoms with van der Waals surface area (Å²) in [6.07, 6.45) is 4.43. The number of benzene rings is 1. The molecule has 0 saturated heterocycles. The van der Waals surface area contributed by atoms with Crippen LogP contribution in [-0.2, 0) is 0 Å². The van der Waals surface area contributed by atoms with E-state index in [1.807, 2.05) is 30.3 Å². The van der Waals surface area contributed by atoms with E-state index in [1.54, 1.807) is 13.2 Å². The summed E-state index contributed by atoms with van der Waals surface area (Å²) in [6.45, 7) is 0. The lowest BCUT2D eigenvalue weighted by molar-refractivity contribution is 1.16. The third kappa shape index (κ3) is 2.66.